The summed E-state index contributed by atoms with van der Waals surface area (Å²) >= 11 is 0. The molecular weight excluding hydrogens is 338 g/mol. The molecule has 0 bridgehead atoms. The van der Waals surface area contributed by atoms with Gasteiger partial charge in [-0.2, -0.15) is 0 Å². The van der Waals surface area contributed by atoms with Gasteiger partial charge in [0.2, 0.25) is 5.91 Å². The fourth-order valence-corrected chi connectivity index (χ4v) is 3.59. The van der Waals surface area contributed by atoms with Crippen molar-refractivity contribution in [3.05, 3.63) is 70.6 Å². The van der Waals surface area contributed by atoms with E-state index < -0.39 is 0 Å². The molecule has 3 aromatic rings. The molecule has 0 saturated heterocycles. The Labute approximate surface area is 157 Å². The van der Waals surface area contributed by atoms with Crippen LogP contribution in [-0.4, -0.2) is 19.6 Å². The average Bonchev–Trinajstić information content (AvgIpc) is 2.71. The minimum Gasteiger partial charge on any atom is -0.369 e. The summed E-state index contributed by atoms with van der Waals surface area (Å²) in [6.45, 7) is 0.285. The summed E-state index contributed by atoms with van der Waals surface area (Å²) in [4.78, 5) is 16.7. The molecule has 27 heavy (non-hydrogen) atoms. The van der Waals surface area contributed by atoms with Crippen molar-refractivity contribution < 1.29 is 4.79 Å². The number of nitrogens with zero attached hydrogens (tertiary/aromatic N) is 4. The molecule has 0 atom stereocenters. The van der Waals surface area contributed by atoms with Crippen LogP contribution in [0.15, 0.2) is 59.7 Å². The average molecular weight is 357 g/mol. The number of hydrogen-bond donors (Lipinski definition) is 1. The largest absolute Gasteiger partial charge is 0.369 e. The second-order valence-corrected chi connectivity index (χ2v) is 6.66. The maximum absolute atomic E-state index is 12.0. The molecule has 0 saturated carbocycles. The third kappa shape index (κ3) is 3.18. The topological polar surface area (TPSA) is 81.1 Å². The van der Waals surface area contributed by atoms with Crippen molar-refractivity contribution >= 4 is 28.1 Å². The number of hydrogen-bond acceptors (Lipinski definition) is 3. The Bertz CT molecular complexity index is 1070. The molecule has 6 heteroatoms. The van der Waals surface area contributed by atoms with Crippen LogP contribution in [0.1, 0.15) is 12.0 Å². The van der Waals surface area contributed by atoms with Crippen LogP contribution in [0.5, 0.6) is 0 Å². The fraction of sp³-hybridized carbons (Fsp3) is 0.190. The molecule has 4 rings (SSSR count). The summed E-state index contributed by atoms with van der Waals surface area (Å²) in [6, 6.07) is 18.5. The molecule has 0 radical (unpaired) electrons. The van der Waals surface area contributed by atoms with E-state index in [1.807, 2.05) is 36.2 Å². The van der Waals surface area contributed by atoms with Crippen molar-refractivity contribution in [1.82, 2.24) is 0 Å². The van der Waals surface area contributed by atoms with Crippen molar-refractivity contribution in [1.29, 1.82) is 0 Å². The molecule has 0 aromatic heterocycles. The molecule has 0 aliphatic carbocycles. The van der Waals surface area contributed by atoms with Gasteiger partial charge in [-0.25, -0.2) is 0 Å². The minimum absolute atomic E-state index is 0.0693. The lowest BCUT2D eigenvalue weighted by atomic mass is 9.89. The summed E-state index contributed by atoms with van der Waals surface area (Å²) in [6.07, 6.45) is 1.24. The van der Waals surface area contributed by atoms with Gasteiger partial charge in [0.15, 0.2) is 0 Å². The molecule has 1 heterocycles. The lowest BCUT2D eigenvalue weighted by molar-refractivity contribution is -0.116. The smallest absolute Gasteiger partial charge is 0.224 e. The van der Waals surface area contributed by atoms with Gasteiger partial charge in [-0.1, -0.05) is 41.5 Å². The van der Waals surface area contributed by atoms with Crippen molar-refractivity contribution in [2.45, 2.75) is 12.8 Å². The van der Waals surface area contributed by atoms with Crippen LogP contribution in [0.3, 0.4) is 0 Å². The standard InChI is InChI=1S/C21H19N5O/c1-26(13-23-25-22)16-8-6-14(7-9-16)19-12-15-4-2-3-5-17(15)21-18(19)10-11-20(27)24-21/h2-9,12H,10-11,13H2,1H3,(H,24,27). The van der Waals surface area contributed by atoms with Crippen LogP contribution < -0.4 is 10.2 Å². The molecule has 0 spiro atoms. The number of anilines is 2. The van der Waals surface area contributed by atoms with E-state index in [4.69, 9.17) is 5.53 Å². The van der Waals surface area contributed by atoms with E-state index in [0.29, 0.717) is 6.42 Å². The van der Waals surface area contributed by atoms with E-state index >= 15 is 0 Å². The Hall–Kier alpha value is -3.50. The monoisotopic (exact) mass is 357 g/mol. The first-order chi connectivity index (χ1) is 13.2. The number of fused-ring (bicyclic) bond motifs is 3. The molecule has 0 fully saturated rings. The lowest BCUT2D eigenvalue weighted by Gasteiger charge is -2.23. The number of carbonyl (C=O) groups is 1. The second kappa shape index (κ2) is 7.02. The van der Waals surface area contributed by atoms with Crippen LogP contribution in [0.2, 0.25) is 0 Å². The van der Waals surface area contributed by atoms with E-state index in [2.05, 4.69) is 45.7 Å². The molecule has 1 aliphatic rings. The molecule has 134 valence electrons. The highest BCUT2D eigenvalue weighted by atomic mass is 16.1. The van der Waals surface area contributed by atoms with E-state index in [-0.39, 0.29) is 12.6 Å². The van der Waals surface area contributed by atoms with Crippen molar-refractivity contribution in [3.8, 4) is 11.1 Å². The summed E-state index contributed by atoms with van der Waals surface area (Å²) in [7, 11) is 1.89. The van der Waals surface area contributed by atoms with Crippen LogP contribution in [0, 0.1) is 0 Å². The first kappa shape index (κ1) is 16.9. The van der Waals surface area contributed by atoms with Gasteiger partial charge < -0.3 is 10.2 Å². The molecule has 3 aromatic carbocycles. The van der Waals surface area contributed by atoms with Gasteiger partial charge in [0.05, 0.1) is 12.4 Å². The number of rotatable bonds is 4. The molecule has 0 unspecified atom stereocenters. The Balaban J connectivity index is 1.80. The first-order valence-electron chi connectivity index (χ1n) is 8.84. The lowest BCUT2D eigenvalue weighted by Crippen LogP contribution is -2.20. The Kier molecular flexibility index (Phi) is 4.40. The maximum Gasteiger partial charge on any atom is 0.224 e. The fourth-order valence-electron chi connectivity index (χ4n) is 3.59. The normalized spacial score (nSPS) is 12.9. The van der Waals surface area contributed by atoms with Crippen molar-refractivity contribution in [3.63, 3.8) is 0 Å². The number of carbonyl (C=O) groups excluding carboxylic acids is 1. The first-order valence-corrected chi connectivity index (χ1v) is 8.84. The van der Waals surface area contributed by atoms with Crippen LogP contribution in [-0.2, 0) is 11.2 Å². The minimum atomic E-state index is 0.0693. The molecular formula is C21H19N5O. The van der Waals surface area contributed by atoms with E-state index in [1.165, 1.54) is 5.56 Å². The Morgan fingerprint density at radius 2 is 1.93 bits per heavy atom. The molecule has 1 aliphatic heterocycles. The van der Waals surface area contributed by atoms with Crippen LogP contribution in [0.4, 0.5) is 11.4 Å². The number of amides is 1. The zero-order valence-electron chi connectivity index (χ0n) is 15.0. The van der Waals surface area contributed by atoms with Crippen LogP contribution in [0.25, 0.3) is 32.3 Å². The van der Waals surface area contributed by atoms with Crippen LogP contribution >= 0.6 is 0 Å². The number of nitrogens with one attached hydrogen (secondary N) is 1. The van der Waals surface area contributed by atoms with Crippen molar-refractivity contribution in [2.24, 2.45) is 5.11 Å². The van der Waals surface area contributed by atoms with Gasteiger partial charge in [0.1, 0.15) is 0 Å². The summed E-state index contributed by atoms with van der Waals surface area (Å²) in [5.74, 6) is 0.0693. The molecule has 6 nitrogen and oxygen atoms in total. The summed E-state index contributed by atoms with van der Waals surface area (Å²) < 4.78 is 0. The molecule has 1 amide bonds. The van der Waals surface area contributed by atoms with Gasteiger partial charge >= 0.3 is 0 Å². The van der Waals surface area contributed by atoms with Gasteiger partial charge in [-0.15, -0.1) is 0 Å². The zero-order valence-corrected chi connectivity index (χ0v) is 15.0. The van der Waals surface area contributed by atoms with Gasteiger partial charge in [-0.3, -0.25) is 4.79 Å². The third-order valence-corrected chi connectivity index (χ3v) is 4.98. The Morgan fingerprint density at radius 1 is 1.15 bits per heavy atom. The Morgan fingerprint density at radius 3 is 2.70 bits per heavy atom. The quantitative estimate of drug-likeness (QED) is 0.400. The zero-order chi connectivity index (χ0) is 18.8. The third-order valence-electron chi connectivity index (χ3n) is 4.98. The van der Waals surface area contributed by atoms with E-state index in [9.17, 15) is 4.79 Å². The SMILES string of the molecule is CN(CN=[N+]=[N-])c1ccc(-c2cc3ccccc3c3c2CCC(=O)N3)cc1. The number of azide groups is 1. The summed E-state index contributed by atoms with van der Waals surface area (Å²) in [5.41, 5.74) is 13.8. The predicted octanol–water partition coefficient (Wildman–Crippen LogP) is 5.10. The highest BCUT2D eigenvalue weighted by Gasteiger charge is 2.21. The van der Waals surface area contributed by atoms with Gasteiger partial charge in [-0.05, 0) is 52.2 Å². The van der Waals surface area contributed by atoms with E-state index in [0.717, 1.165) is 39.7 Å². The highest BCUT2D eigenvalue weighted by molar-refractivity contribution is 6.08. The molecule has 1 N–H and O–H groups in total. The highest BCUT2D eigenvalue weighted by Crippen LogP contribution is 2.39. The second-order valence-electron chi connectivity index (χ2n) is 6.66. The summed E-state index contributed by atoms with van der Waals surface area (Å²) in [5, 5.41) is 8.85. The van der Waals surface area contributed by atoms with E-state index in [1.54, 1.807) is 0 Å². The van der Waals surface area contributed by atoms with Crippen molar-refractivity contribution in [2.75, 3.05) is 23.9 Å². The number of benzene rings is 3. The van der Waals surface area contributed by atoms with Gasteiger partial charge in [0, 0.05) is 29.5 Å². The maximum atomic E-state index is 12.0. The van der Waals surface area contributed by atoms with Gasteiger partial charge in [0.25, 0.3) is 0 Å². The predicted molar refractivity (Wildman–Crippen MR) is 109 cm³/mol.